The van der Waals surface area contributed by atoms with Gasteiger partial charge in [-0.2, -0.15) is 0 Å². The van der Waals surface area contributed by atoms with E-state index in [1.165, 1.54) is 18.4 Å². The molecule has 0 saturated carbocycles. The Kier molecular flexibility index (Phi) is 8.47. The third-order valence-corrected chi connectivity index (χ3v) is 4.79. The van der Waals surface area contributed by atoms with Crippen LogP contribution in [0.2, 0.25) is 0 Å². The van der Waals surface area contributed by atoms with Crippen LogP contribution in [0.1, 0.15) is 50.4 Å². The molecule has 0 spiro atoms. The molecule has 0 amide bonds. The first-order valence-electron chi connectivity index (χ1n) is 9.69. The van der Waals surface area contributed by atoms with Crippen molar-refractivity contribution in [2.45, 2.75) is 58.0 Å². The topological polar surface area (TPSA) is 128 Å². The second-order valence-electron chi connectivity index (χ2n) is 7.00. The van der Waals surface area contributed by atoms with Crippen LogP contribution in [0.5, 0.6) is 0 Å². The van der Waals surface area contributed by atoms with E-state index >= 15 is 0 Å². The van der Waals surface area contributed by atoms with Crippen molar-refractivity contribution in [3.63, 3.8) is 0 Å². The Labute approximate surface area is 159 Å². The summed E-state index contributed by atoms with van der Waals surface area (Å²) in [5.41, 5.74) is 9.20. The maximum absolute atomic E-state index is 9.28. The Morgan fingerprint density at radius 1 is 1.26 bits per heavy atom. The number of nitrogens with zero attached hydrogens (tertiary/aromatic N) is 3. The van der Waals surface area contributed by atoms with E-state index in [1.807, 2.05) is 6.20 Å². The Morgan fingerprint density at radius 3 is 2.67 bits per heavy atom. The number of unbranched alkanes of at least 4 members (excludes halogenated alkanes) is 3. The Hall–Kier alpha value is -2.19. The van der Waals surface area contributed by atoms with Crippen molar-refractivity contribution in [2.24, 2.45) is 0 Å². The van der Waals surface area contributed by atoms with Gasteiger partial charge in [0.25, 0.3) is 6.47 Å². The number of β-amino-alcohol motifs (C(OH)–C–C–N with tert-alkyl or cyclic N) is 1. The van der Waals surface area contributed by atoms with Gasteiger partial charge in [-0.15, -0.1) is 0 Å². The van der Waals surface area contributed by atoms with Gasteiger partial charge in [0.05, 0.1) is 11.6 Å². The number of carbonyl (C=O) groups is 1. The minimum Gasteiger partial charge on any atom is -0.483 e. The lowest BCUT2D eigenvalue weighted by Crippen LogP contribution is -2.50. The highest BCUT2D eigenvalue weighted by molar-refractivity contribution is 5.87. The highest BCUT2D eigenvalue weighted by Gasteiger charge is 2.22. The zero-order chi connectivity index (χ0) is 19.6. The minimum absolute atomic E-state index is 0.0942. The largest absolute Gasteiger partial charge is 0.483 e. The van der Waals surface area contributed by atoms with Crippen LogP contribution in [0.3, 0.4) is 0 Å². The number of carboxylic acid groups (broad SMARTS) is 1. The molecule has 2 aromatic heterocycles. The number of aliphatic hydroxyl groups is 1. The first-order chi connectivity index (χ1) is 13.1. The normalized spacial score (nSPS) is 14.6. The molecule has 150 valence electrons. The number of rotatable bonds is 9. The van der Waals surface area contributed by atoms with Gasteiger partial charge >= 0.3 is 0 Å². The van der Waals surface area contributed by atoms with Gasteiger partial charge in [-0.05, 0) is 37.8 Å². The van der Waals surface area contributed by atoms with Gasteiger partial charge in [-0.3, -0.25) is 9.69 Å². The molecule has 3 rings (SSSR count). The van der Waals surface area contributed by atoms with Crippen LogP contribution in [-0.4, -0.2) is 62.3 Å². The van der Waals surface area contributed by atoms with E-state index in [-0.39, 0.29) is 12.6 Å². The van der Waals surface area contributed by atoms with Gasteiger partial charge in [-0.1, -0.05) is 19.8 Å². The molecule has 0 aromatic carbocycles. The average Bonchev–Trinajstić information content (AvgIpc) is 3.02. The lowest BCUT2D eigenvalue weighted by atomic mass is 10.1. The van der Waals surface area contributed by atoms with Crippen molar-refractivity contribution >= 4 is 23.3 Å². The number of aromatic amines is 1. The molecule has 8 nitrogen and oxygen atoms in total. The second kappa shape index (κ2) is 10.8. The minimum atomic E-state index is -0.250. The molecule has 0 bridgehead atoms. The van der Waals surface area contributed by atoms with Crippen LogP contribution < -0.4 is 5.73 Å². The quantitative estimate of drug-likeness (QED) is 0.388. The maximum atomic E-state index is 9.28. The highest BCUT2D eigenvalue weighted by Crippen LogP contribution is 2.23. The zero-order valence-corrected chi connectivity index (χ0v) is 16.0. The van der Waals surface area contributed by atoms with Crippen LogP contribution in [0.4, 0.5) is 5.82 Å². The number of hydrogen-bond donors (Lipinski definition) is 4. The van der Waals surface area contributed by atoms with E-state index in [1.54, 1.807) is 0 Å². The Morgan fingerprint density at radius 2 is 2.00 bits per heavy atom. The van der Waals surface area contributed by atoms with Crippen LogP contribution in [0, 0.1) is 0 Å². The summed E-state index contributed by atoms with van der Waals surface area (Å²) in [4.78, 5) is 23.1. The lowest BCUT2D eigenvalue weighted by molar-refractivity contribution is -0.122. The smallest absolute Gasteiger partial charge is 0.290 e. The summed E-state index contributed by atoms with van der Waals surface area (Å²) in [7, 11) is 0. The number of nitrogen functional groups attached to an aromatic ring is 1. The van der Waals surface area contributed by atoms with Crippen molar-refractivity contribution in [2.75, 3.05) is 25.4 Å². The third kappa shape index (κ3) is 6.18. The van der Waals surface area contributed by atoms with E-state index in [0.717, 1.165) is 68.6 Å². The van der Waals surface area contributed by atoms with Gasteiger partial charge in [0.2, 0.25) is 0 Å². The summed E-state index contributed by atoms with van der Waals surface area (Å²) in [6.45, 7) is 4.71. The summed E-state index contributed by atoms with van der Waals surface area (Å²) < 4.78 is 0. The fourth-order valence-electron chi connectivity index (χ4n) is 3.32. The number of nitrogens with two attached hydrogens (primary N) is 1. The molecule has 0 atom stereocenters. The molecular weight excluding hydrogens is 346 g/mol. The first-order valence-corrected chi connectivity index (χ1v) is 9.69. The number of nitrogens with one attached hydrogen (secondary N) is 1. The van der Waals surface area contributed by atoms with Gasteiger partial charge in [0.1, 0.15) is 11.3 Å². The third-order valence-electron chi connectivity index (χ3n) is 4.79. The summed E-state index contributed by atoms with van der Waals surface area (Å²) in [5.74, 6) is 1.42. The van der Waals surface area contributed by atoms with Gasteiger partial charge in [-0.25, -0.2) is 9.97 Å². The average molecular weight is 377 g/mol. The van der Waals surface area contributed by atoms with E-state index in [9.17, 15) is 5.11 Å². The first kappa shape index (κ1) is 21.1. The van der Waals surface area contributed by atoms with Gasteiger partial charge < -0.3 is 20.9 Å². The number of anilines is 1. The number of fused-ring (bicyclic) bond motifs is 1. The molecule has 27 heavy (non-hydrogen) atoms. The second-order valence-corrected chi connectivity index (χ2v) is 7.00. The lowest BCUT2D eigenvalue weighted by Gasteiger charge is -2.35. The number of likely N-dealkylation sites (tertiary alicyclic amines) is 1. The van der Waals surface area contributed by atoms with E-state index in [2.05, 4.69) is 21.8 Å². The molecule has 1 saturated heterocycles. The number of hydrogen-bond acceptors (Lipinski definition) is 6. The summed E-state index contributed by atoms with van der Waals surface area (Å²) >= 11 is 0. The molecule has 0 unspecified atom stereocenters. The highest BCUT2D eigenvalue weighted by atomic mass is 16.3. The molecular formula is C19H31N5O3. The van der Waals surface area contributed by atoms with Crippen molar-refractivity contribution in [1.29, 1.82) is 0 Å². The molecule has 1 aliphatic heterocycles. The maximum Gasteiger partial charge on any atom is 0.290 e. The molecule has 0 aliphatic carbocycles. The van der Waals surface area contributed by atoms with Crippen LogP contribution in [0.25, 0.3) is 11.0 Å². The number of aromatic nitrogens is 3. The number of aryl methyl sites for hydroxylation is 2. The van der Waals surface area contributed by atoms with Crippen molar-refractivity contribution in [3.05, 3.63) is 17.6 Å². The van der Waals surface area contributed by atoms with E-state index < -0.39 is 0 Å². The zero-order valence-electron chi connectivity index (χ0n) is 16.0. The van der Waals surface area contributed by atoms with Crippen molar-refractivity contribution in [3.8, 4) is 0 Å². The SMILES string of the molecule is CCCCc1nc(N)c2[nH]cc(CCCCCN3CC(O)C3)c2n1.O=CO. The van der Waals surface area contributed by atoms with E-state index in [4.69, 9.17) is 20.6 Å². The fraction of sp³-hybridized carbons (Fsp3) is 0.632. The standard InChI is InChI=1S/C18H29N5O.CH2O2/c1-2-3-8-15-21-16-13(10-20-17(16)18(19)22-15)7-5-4-6-9-23-11-14(24)12-23;2-1-3/h10,14,20,24H,2-9,11-12H2,1H3,(H2,19,21,22);1H,(H,2,3). The van der Waals surface area contributed by atoms with Crippen molar-refractivity contribution in [1.82, 2.24) is 19.9 Å². The molecule has 0 radical (unpaired) electrons. The number of aliphatic hydroxyl groups excluding tert-OH is 1. The monoisotopic (exact) mass is 377 g/mol. The van der Waals surface area contributed by atoms with Gasteiger partial charge in [0.15, 0.2) is 5.82 Å². The summed E-state index contributed by atoms with van der Waals surface area (Å²) in [6.07, 6.45) is 9.61. The fourth-order valence-corrected chi connectivity index (χ4v) is 3.32. The molecule has 1 fully saturated rings. The molecule has 2 aromatic rings. The molecule has 5 N–H and O–H groups in total. The Bertz CT molecular complexity index is 713. The summed E-state index contributed by atoms with van der Waals surface area (Å²) in [5, 5.41) is 16.2. The number of H-pyrrole nitrogens is 1. The molecule has 3 heterocycles. The van der Waals surface area contributed by atoms with Crippen LogP contribution in [0.15, 0.2) is 6.20 Å². The van der Waals surface area contributed by atoms with E-state index in [0.29, 0.717) is 5.82 Å². The van der Waals surface area contributed by atoms with Crippen LogP contribution in [-0.2, 0) is 17.6 Å². The summed E-state index contributed by atoms with van der Waals surface area (Å²) in [6, 6.07) is 0. The Balaban J connectivity index is 0.000000817. The predicted octanol–water partition coefficient (Wildman–Crippen LogP) is 1.97. The molecule has 8 heteroatoms. The predicted molar refractivity (Wildman–Crippen MR) is 106 cm³/mol. The van der Waals surface area contributed by atoms with Gasteiger partial charge in [0, 0.05) is 25.7 Å². The van der Waals surface area contributed by atoms with Crippen LogP contribution >= 0.6 is 0 Å². The molecule has 1 aliphatic rings. The van der Waals surface area contributed by atoms with Crippen molar-refractivity contribution < 1.29 is 15.0 Å².